The normalized spacial score (nSPS) is 16.0. The van der Waals surface area contributed by atoms with E-state index < -0.39 is 0 Å². The third-order valence-corrected chi connectivity index (χ3v) is 4.73. The molecule has 0 unspecified atom stereocenters. The third-order valence-electron chi connectivity index (χ3n) is 4.73. The van der Waals surface area contributed by atoms with Gasteiger partial charge >= 0.3 is 0 Å². The van der Waals surface area contributed by atoms with Gasteiger partial charge in [-0.15, -0.1) is 0 Å². The Morgan fingerprint density at radius 3 is 2.36 bits per heavy atom. The maximum absolute atomic E-state index is 13.0. The van der Waals surface area contributed by atoms with Gasteiger partial charge in [-0.2, -0.15) is 0 Å². The van der Waals surface area contributed by atoms with Gasteiger partial charge in [-0.1, -0.05) is 19.3 Å². The molecule has 1 heterocycles. The number of methoxy groups -OCH3 is 2. The highest BCUT2D eigenvalue weighted by molar-refractivity contribution is 6.13. The van der Waals surface area contributed by atoms with Crippen LogP contribution in [-0.4, -0.2) is 25.0 Å². The van der Waals surface area contributed by atoms with Crippen molar-refractivity contribution in [1.29, 1.82) is 0 Å². The number of aromatic nitrogens is 1. The van der Waals surface area contributed by atoms with Crippen LogP contribution in [0.2, 0.25) is 0 Å². The summed E-state index contributed by atoms with van der Waals surface area (Å²) >= 11 is 0. The first kappa shape index (κ1) is 14.9. The van der Waals surface area contributed by atoms with Crippen molar-refractivity contribution in [2.24, 2.45) is 5.92 Å². The summed E-state index contributed by atoms with van der Waals surface area (Å²) in [7, 11) is 3.28. The van der Waals surface area contributed by atoms with E-state index in [0.29, 0.717) is 0 Å². The van der Waals surface area contributed by atoms with Gasteiger partial charge in [-0.05, 0) is 31.9 Å². The topological polar surface area (TPSA) is 51.3 Å². The minimum Gasteiger partial charge on any atom is -0.496 e. The van der Waals surface area contributed by atoms with Gasteiger partial charge in [-0.3, -0.25) is 4.79 Å². The minimum atomic E-state index is 0.141. The van der Waals surface area contributed by atoms with E-state index in [4.69, 9.17) is 9.47 Å². The maximum Gasteiger partial charge on any atom is 0.168 e. The predicted octanol–water partition coefficient (Wildman–Crippen LogP) is 4.26. The summed E-state index contributed by atoms with van der Waals surface area (Å²) in [6.07, 6.45) is 5.54. The fraction of sp³-hybridized carbons (Fsp3) is 0.500. The number of ketones is 1. The second kappa shape index (κ2) is 6.03. The molecule has 1 fully saturated rings. The molecule has 0 saturated heterocycles. The number of carbonyl (C=O) groups excluding carboxylic acids is 1. The molecule has 0 spiro atoms. The van der Waals surface area contributed by atoms with Crippen LogP contribution >= 0.6 is 0 Å². The van der Waals surface area contributed by atoms with Gasteiger partial charge in [0.2, 0.25) is 0 Å². The SMILES string of the molecule is COc1ccc(OC)c2c(C(=O)C3CCCCC3)c(C)[nH]c12. The fourth-order valence-electron chi connectivity index (χ4n) is 3.59. The minimum absolute atomic E-state index is 0.141. The maximum atomic E-state index is 13.0. The molecule has 4 nitrogen and oxygen atoms in total. The zero-order valence-corrected chi connectivity index (χ0v) is 13.5. The Hall–Kier alpha value is -1.97. The molecule has 2 aromatic rings. The average Bonchev–Trinajstić information content (AvgIpc) is 2.91. The van der Waals surface area contributed by atoms with Crippen LogP contribution in [0.3, 0.4) is 0 Å². The number of nitrogens with one attached hydrogen (secondary N) is 1. The molecule has 1 saturated carbocycles. The van der Waals surface area contributed by atoms with Crippen molar-refractivity contribution in [2.45, 2.75) is 39.0 Å². The molecular formula is C18H23NO3. The summed E-state index contributed by atoms with van der Waals surface area (Å²) in [6.45, 7) is 1.95. The van der Waals surface area contributed by atoms with Crippen molar-refractivity contribution < 1.29 is 14.3 Å². The Bertz CT molecular complexity index is 696. The number of fused-ring (bicyclic) bond motifs is 1. The van der Waals surface area contributed by atoms with E-state index >= 15 is 0 Å². The molecule has 118 valence electrons. The molecule has 1 aliphatic carbocycles. The van der Waals surface area contributed by atoms with Crippen LogP contribution in [-0.2, 0) is 0 Å². The molecule has 0 aliphatic heterocycles. The first-order valence-corrected chi connectivity index (χ1v) is 7.94. The molecular weight excluding hydrogens is 278 g/mol. The van der Waals surface area contributed by atoms with Crippen LogP contribution in [0.15, 0.2) is 12.1 Å². The van der Waals surface area contributed by atoms with E-state index in [-0.39, 0.29) is 11.7 Å². The predicted molar refractivity (Wildman–Crippen MR) is 87.0 cm³/mol. The number of aryl methyl sites for hydroxylation is 1. The number of aromatic amines is 1. The van der Waals surface area contributed by atoms with Crippen molar-refractivity contribution in [2.75, 3.05) is 14.2 Å². The van der Waals surface area contributed by atoms with Crippen molar-refractivity contribution in [3.8, 4) is 11.5 Å². The number of benzene rings is 1. The highest BCUT2D eigenvalue weighted by Crippen LogP contribution is 2.39. The zero-order valence-electron chi connectivity index (χ0n) is 13.5. The number of hydrogen-bond donors (Lipinski definition) is 1. The molecule has 1 aromatic heterocycles. The monoisotopic (exact) mass is 301 g/mol. The molecule has 1 aliphatic rings. The van der Waals surface area contributed by atoms with Crippen LogP contribution in [0.4, 0.5) is 0 Å². The van der Waals surface area contributed by atoms with E-state index in [1.165, 1.54) is 6.42 Å². The number of ether oxygens (including phenoxy) is 2. The summed E-state index contributed by atoms with van der Waals surface area (Å²) in [6, 6.07) is 3.73. The lowest BCUT2D eigenvalue weighted by Gasteiger charge is -2.20. The lowest BCUT2D eigenvalue weighted by molar-refractivity contribution is 0.0890. The van der Waals surface area contributed by atoms with Gasteiger partial charge in [0.25, 0.3) is 0 Å². The quantitative estimate of drug-likeness (QED) is 0.859. The van der Waals surface area contributed by atoms with Crippen LogP contribution in [0, 0.1) is 12.8 Å². The van der Waals surface area contributed by atoms with E-state index in [9.17, 15) is 4.79 Å². The van der Waals surface area contributed by atoms with Crippen LogP contribution in [0.1, 0.15) is 48.2 Å². The third kappa shape index (κ3) is 2.36. The molecule has 1 aromatic carbocycles. The number of H-pyrrole nitrogens is 1. The van der Waals surface area contributed by atoms with Gasteiger partial charge in [0.15, 0.2) is 5.78 Å². The highest BCUT2D eigenvalue weighted by atomic mass is 16.5. The van der Waals surface area contributed by atoms with E-state index in [1.807, 2.05) is 19.1 Å². The number of Topliss-reactive ketones (excluding diaryl/α,β-unsaturated/α-hetero) is 1. The molecule has 0 radical (unpaired) electrons. The van der Waals surface area contributed by atoms with Crippen LogP contribution in [0.25, 0.3) is 10.9 Å². The number of rotatable bonds is 4. The first-order valence-electron chi connectivity index (χ1n) is 7.94. The summed E-state index contributed by atoms with van der Waals surface area (Å²) in [5.41, 5.74) is 2.52. The van der Waals surface area contributed by atoms with Crippen LogP contribution < -0.4 is 9.47 Å². The smallest absolute Gasteiger partial charge is 0.168 e. The highest BCUT2D eigenvalue weighted by Gasteiger charge is 2.28. The summed E-state index contributed by atoms with van der Waals surface area (Å²) in [4.78, 5) is 16.4. The van der Waals surface area contributed by atoms with Gasteiger partial charge in [0.1, 0.15) is 11.5 Å². The first-order chi connectivity index (χ1) is 10.7. The van der Waals surface area contributed by atoms with Crippen molar-refractivity contribution in [3.05, 3.63) is 23.4 Å². The molecule has 22 heavy (non-hydrogen) atoms. The molecule has 0 atom stereocenters. The van der Waals surface area contributed by atoms with Gasteiger partial charge < -0.3 is 14.5 Å². The van der Waals surface area contributed by atoms with Crippen molar-refractivity contribution in [3.63, 3.8) is 0 Å². The van der Waals surface area contributed by atoms with Crippen LogP contribution in [0.5, 0.6) is 11.5 Å². The van der Waals surface area contributed by atoms with Crippen molar-refractivity contribution >= 4 is 16.7 Å². The molecule has 1 N–H and O–H groups in total. The molecule has 0 amide bonds. The molecule has 4 heteroatoms. The summed E-state index contributed by atoms with van der Waals surface area (Å²) in [5, 5.41) is 0.856. The summed E-state index contributed by atoms with van der Waals surface area (Å²) < 4.78 is 10.9. The van der Waals surface area contributed by atoms with Gasteiger partial charge in [0, 0.05) is 17.2 Å². The number of hydrogen-bond acceptors (Lipinski definition) is 3. The second-order valence-corrected chi connectivity index (χ2v) is 6.04. The zero-order chi connectivity index (χ0) is 15.7. The Morgan fingerprint density at radius 2 is 1.73 bits per heavy atom. The standard InChI is InChI=1S/C18H23NO3/c1-11-15(18(20)12-7-5-4-6-8-12)16-13(21-2)9-10-14(22-3)17(16)19-11/h9-10,12,19H,4-8H2,1-3H3. The van der Waals surface area contributed by atoms with E-state index in [1.54, 1.807) is 14.2 Å². The van der Waals surface area contributed by atoms with Crippen molar-refractivity contribution in [1.82, 2.24) is 4.98 Å². The molecule has 3 rings (SSSR count). The lowest BCUT2D eigenvalue weighted by atomic mass is 9.83. The van der Waals surface area contributed by atoms with Gasteiger partial charge in [0.05, 0.1) is 25.1 Å². The van der Waals surface area contributed by atoms with E-state index in [2.05, 4.69) is 4.98 Å². The Labute approximate surface area is 130 Å². The lowest BCUT2D eigenvalue weighted by Crippen LogP contribution is -2.18. The largest absolute Gasteiger partial charge is 0.496 e. The summed E-state index contributed by atoms with van der Waals surface area (Å²) in [5.74, 6) is 1.85. The second-order valence-electron chi connectivity index (χ2n) is 6.04. The molecule has 0 bridgehead atoms. The van der Waals surface area contributed by atoms with Gasteiger partial charge in [-0.25, -0.2) is 0 Å². The number of carbonyl (C=O) groups is 1. The van der Waals surface area contributed by atoms with E-state index in [0.717, 1.165) is 59.3 Å². The fourth-order valence-corrected chi connectivity index (χ4v) is 3.59. The average molecular weight is 301 g/mol. The Morgan fingerprint density at radius 1 is 1.09 bits per heavy atom. The Balaban J connectivity index is 2.15. The Kier molecular flexibility index (Phi) is 4.10.